The first-order valence-electron chi connectivity index (χ1n) is 7.13. The summed E-state index contributed by atoms with van der Waals surface area (Å²) in [6.07, 6.45) is 1.80. The van der Waals surface area contributed by atoms with Gasteiger partial charge in [0.15, 0.2) is 4.37 Å². The maximum atomic E-state index is 13.1. The van der Waals surface area contributed by atoms with Crippen LogP contribution in [0.25, 0.3) is 0 Å². The Kier molecular flexibility index (Phi) is 11.6. The van der Waals surface area contributed by atoms with Crippen molar-refractivity contribution in [3.05, 3.63) is 0 Å². The third-order valence-electron chi connectivity index (χ3n) is 2.15. The molecule has 0 aromatic rings. The molecular weight excluding hydrogens is 334 g/mol. The van der Waals surface area contributed by atoms with Gasteiger partial charge in [-0.05, 0) is 40.9 Å². The van der Waals surface area contributed by atoms with Gasteiger partial charge in [0, 0.05) is 0 Å². The Bertz CT molecular complexity index is 354. The number of hydrogen-bond acceptors (Lipinski definition) is 7. The normalized spacial score (nSPS) is 12.7. The molecule has 0 aliphatic heterocycles. The zero-order valence-corrected chi connectivity index (χ0v) is 16.4. The Morgan fingerprint density at radius 3 is 1.33 bits per heavy atom. The van der Waals surface area contributed by atoms with E-state index in [1.165, 1.54) is 11.8 Å². The maximum absolute atomic E-state index is 13.1. The maximum Gasteiger partial charge on any atom is 0.374 e. The quantitative estimate of drug-likeness (QED) is 0.471. The van der Waals surface area contributed by atoms with Gasteiger partial charge >= 0.3 is 7.60 Å². The molecule has 9 heteroatoms. The highest BCUT2D eigenvalue weighted by molar-refractivity contribution is 8.32. The van der Waals surface area contributed by atoms with Gasteiger partial charge in [0.2, 0.25) is 0 Å². The molecule has 0 N–H and O–H groups in total. The minimum Gasteiger partial charge on any atom is -0.316 e. The van der Waals surface area contributed by atoms with Crippen LogP contribution in [-0.2, 0) is 27.2 Å². The van der Waals surface area contributed by atoms with E-state index in [2.05, 4.69) is 0 Å². The fraction of sp³-hybridized carbons (Fsp3) is 0.917. The highest BCUT2D eigenvalue weighted by Crippen LogP contribution is 2.66. The lowest BCUT2D eigenvalue weighted by Crippen LogP contribution is -2.12. The van der Waals surface area contributed by atoms with Crippen LogP contribution < -0.4 is 0 Å². The SMILES string of the molecule is CCOP(=O)(OCC)C(SC)=P(OCC)(OCC)OCC. The first-order valence-corrected chi connectivity index (χ1v) is 11.4. The minimum atomic E-state index is -3.49. The molecule has 0 radical (unpaired) electrons. The molecule has 0 saturated heterocycles. The van der Waals surface area contributed by atoms with Crippen molar-refractivity contribution in [1.29, 1.82) is 0 Å². The van der Waals surface area contributed by atoms with E-state index >= 15 is 0 Å². The average molecular weight is 362 g/mol. The zero-order chi connectivity index (χ0) is 16.4. The Labute approximate surface area is 133 Å². The van der Waals surface area contributed by atoms with E-state index in [1.54, 1.807) is 20.1 Å². The van der Waals surface area contributed by atoms with E-state index in [0.29, 0.717) is 24.2 Å². The number of thioether (sulfide) groups is 1. The van der Waals surface area contributed by atoms with Gasteiger partial charge in [0.25, 0.3) is 7.57 Å². The van der Waals surface area contributed by atoms with Crippen LogP contribution in [0.5, 0.6) is 0 Å². The lowest BCUT2D eigenvalue weighted by molar-refractivity contribution is 0.170. The van der Waals surface area contributed by atoms with Crippen LogP contribution in [-0.4, -0.2) is 43.7 Å². The molecule has 0 saturated carbocycles. The Morgan fingerprint density at radius 1 is 0.762 bits per heavy atom. The van der Waals surface area contributed by atoms with E-state index in [9.17, 15) is 4.57 Å². The molecule has 0 aliphatic rings. The monoisotopic (exact) mass is 362 g/mol. The molecule has 21 heavy (non-hydrogen) atoms. The van der Waals surface area contributed by atoms with Crippen molar-refractivity contribution < 1.29 is 27.2 Å². The van der Waals surface area contributed by atoms with Crippen molar-refractivity contribution in [3.63, 3.8) is 0 Å². The molecule has 0 amide bonds. The van der Waals surface area contributed by atoms with Gasteiger partial charge < -0.3 is 22.6 Å². The van der Waals surface area contributed by atoms with Crippen LogP contribution in [0.15, 0.2) is 0 Å². The highest BCUT2D eigenvalue weighted by Gasteiger charge is 2.41. The van der Waals surface area contributed by atoms with Gasteiger partial charge in [0.1, 0.15) is 0 Å². The molecular formula is C12H28O6P2S. The van der Waals surface area contributed by atoms with E-state index < -0.39 is 15.2 Å². The Hall–Kier alpha value is 0.680. The van der Waals surface area contributed by atoms with Crippen LogP contribution in [0.1, 0.15) is 34.6 Å². The summed E-state index contributed by atoms with van der Waals surface area (Å²) in [5, 5.41) is 0. The molecule has 128 valence electrons. The topological polar surface area (TPSA) is 63.2 Å². The lowest BCUT2D eigenvalue weighted by atomic mass is 10.9. The van der Waals surface area contributed by atoms with E-state index in [4.69, 9.17) is 22.6 Å². The van der Waals surface area contributed by atoms with Gasteiger partial charge in [-0.1, -0.05) is 0 Å². The van der Waals surface area contributed by atoms with E-state index in [-0.39, 0.29) is 13.2 Å². The summed E-state index contributed by atoms with van der Waals surface area (Å²) in [5.74, 6) is 0. The summed E-state index contributed by atoms with van der Waals surface area (Å²) >= 11 is 1.26. The summed E-state index contributed by atoms with van der Waals surface area (Å²) in [6, 6.07) is 0. The van der Waals surface area contributed by atoms with Gasteiger partial charge in [-0.2, -0.15) is 0 Å². The minimum absolute atomic E-state index is 0.270. The third kappa shape index (κ3) is 6.00. The zero-order valence-electron chi connectivity index (χ0n) is 13.8. The molecule has 0 spiro atoms. The molecule has 0 aliphatic carbocycles. The Balaban J connectivity index is 6.14. The van der Waals surface area contributed by atoms with Crippen LogP contribution in [0.4, 0.5) is 0 Å². The van der Waals surface area contributed by atoms with Crippen LogP contribution in [0.3, 0.4) is 0 Å². The predicted octanol–water partition coefficient (Wildman–Crippen LogP) is 4.58. The first-order chi connectivity index (χ1) is 10.00. The van der Waals surface area contributed by atoms with Crippen molar-refractivity contribution in [2.75, 3.05) is 39.3 Å². The van der Waals surface area contributed by atoms with E-state index in [0.717, 1.165) is 0 Å². The molecule has 0 aromatic carbocycles. The average Bonchev–Trinajstić information content (AvgIpc) is 2.40. The molecule has 0 unspecified atom stereocenters. The smallest absolute Gasteiger partial charge is 0.316 e. The van der Waals surface area contributed by atoms with Crippen molar-refractivity contribution >= 4 is 31.3 Å². The number of rotatable bonds is 12. The molecule has 0 bridgehead atoms. The van der Waals surface area contributed by atoms with Gasteiger partial charge in [0.05, 0.1) is 33.0 Å². The van der Waals surface area contributed by atoms with Gasteiger partial charge in [-0.25, -0.2) is 0 Å². The number of hydrogen-bond donors (Lipinski definition) is 0. The Morgan fingerprint density at radius 2 is 1.10 bits per heavy atom. The third-order valence-corrected chi connectivity index (χ3v) is 10.3. The van der Waals surface area contributed by atoms with Crippen molar-refractivity contribution in [3.8, 4) is 0 Å². The molecule has 0 rings (SSSR count). The second-order valence-electron chi connectivity index (χ2n) is 3.57. The fourth-order valence-corrected chi connectivity index (χ4v) is 8.84. The highest BCUT2D eigenvalue weighted by atomic mass is 32.2. The summed E-state index contributed by atoms with van der Waals surface area (Å²) < 4.78 is 41.7. The lowest BCUT2D eigenvalue weighted by Gasteiger charge is -2.30. The van der Waals surface area contributed by atoms with Crippen molar-refractivity contribution in [2.45, 2.75) is 34.6 Å². The second-order valence-corrected chi connectivity index (χ2v) is 9.52. The van der Waals surface area contributed by atoms with Crippen LogP contribution >= 0.6 is 26.9 Å². The van der Waals surface area contributed by atoms with Crippen LogP contribution in [0.2, 0.25) is 0 Å². The van der Waals surface area contributed by atoms with E-state index in [1.807, 2.05) is 20.8 Å². The van der Waals surface area contributed by atoms with Crippen molar-refractivity contribution in [2.24, 2.45) is 0 Å². The summed E-state index contributed by atoms with van der Waals surface area (Å²) in [4.78, 5) is 0. The molecule has 0 atom stereocenters. The fourth-order valence-electron chi connectivity index (χ4n) is 1.65. The standard InChI is InChI=1S/C12H28O6P2S/c1-7-14-19(13,15-8-2)12(21-6)20(16-9-3,17-10-4)18-11-5/h7-11H2,1-6H3. The molecule has 0 aromatic heterocycles. The van der Waals surface area contributed by atoms with Crippen molar-refractivity contribution in [1.82, 2.24) is 0 Å². The molecule has 6 nitrogen and oxygen atoms in total. The first kappa shape index (κ1) is 21.7. The van der Waals surface area contributed by atoms with Gasteiger partial charge in [-0.15, -0.1) is 11.8 Å². The summed E-state index contributed by atoms with van der Waals surface area (Å²) in [5.41, 5.74) is 0. The van der Waals surface area contributed by atoms with Gasteiger partial charge in [-0.3, -0.25) is 4.57 Å². The molecule has 0 heterocycles. The van der Waals surface area contributed by atoms with Crippen LogP contribution in [0, 0.1) is 0 Å². The molecule has 0 fully saturated rings. The second kappa shape index (κ2) is 11.3. The summed E-state index contributed by atoms with van der Waals surface area (Å²) in [6.45, 7) is 10.8. The predicted molar refractivity (Wildman–Crippen MR) is 91.2 cm³/mol. The summed E-state index contributed by atoms with van der Waals surface area (Å²) in [7, 11) is -6.41. The largest absolute Gasteiger partial charge is 0.374 e.